The van der Waals surface area contributed by atoms with E-state index in [1.54, 1.807) is 6.33 Å². The quantitative estimate of drug-likeness (QED) is 0.564. The maximum absolute atomic E-state index is 13.3. The number of hydrogen-bond donors (Lipinski definition) is 1. The van der Waals surface area contributed by atoms with Crippen LogP contribution < -0.4 is 0 Å². The Bertz CT molecular complexity index is 1260. The summed E-state index contributed by atoms with van der Waals surface area (Å²) in [6.07, 6.45) is 5.07. The van der Waals surface area contributed by atoms with E-state index >= 15 is 0 Å². The Balaban J connectivity index is 1.35. The Labute approximate surface area is 172 Å². The summed E-state index contributed by atoms with van der Waals surface area (Å²) in [5, 5.41) is 21.4. The number of benzene rings is 1. The molecule has 0 bridgehead atoms. The summed E-state index contributed by atoms with van der Waals surface area (Å²) < 4.78 is 4.02. The summed E-state index contributed by atoms with van der Waals surface area (Å²) in [5.74, 6) is 1.44. The van der Waals surface area contributed by atoms with E-state index in [2.05, 4.69) is 25.0 Å². The van der Waals surface area contributed by atoms with Crippen LogP contribution in [0.3, 0.4) is 0 Å². The number of aryl methyl sites for hydroxylation is 1. The normalized spacial score (nSPS) is 16.2. The minimum Gasteiger partial charge on any atom is -0.332 e. The van der Waals surface area contributed by atoms with Crippen LogP contribution in [0.1, 0.15) is 34.6 Å². The van der Waals surface area contributed by atoms with Gasteiger partial charge in [0.25, 0.3) is 5.91 Å². The summed E-state index contributed by atoms with van der Waals surface area (Å²) in [5.41, 5.74) is 4.38. The van der Waals surface area contributed by atoms with Crippen LogP contribution in [-0.2, 0) is 26.6 Å². The van der Waals surface area contributed by atoms with Crippen LogP contribution in [0.15, 0.2) is 30.6 Å². The minimum atomic E-state index is -0.0626. The molecule has 0 spiro atoms. The van der Waals surface area contributed by atoms with Crippen molar-refractivity contribution in [1.82, 2.24) is 39.6 Å². The second-order valence-electron chi connectivity index (χ2n) is 8.24. The number of H-pyrrole nitrogens is 1. The lowest BCUT2D eigenvalue weighted by Gasteiger charge is -2.27. The standard InChI is InChI=1S/C21H22N8O/c1-27-17-8-9-28(21(30)19-14-4-2-3-5-16(14)23-24-19)11-15(17)18(26-27)20-25-22-12-29(20)10-13-6-7-13/h2-5,12-13H,6-11H2,1H3,(H,23,24). The molecule has 1 aromatic carbocycles. The van der Waals surface area contributed by atoms with Crippen LogP contribution in [0.4, 0.5) is 0 Å². The highest BCUT2D eigenvalue weighted by atomic mass is 16.2. The van der Waals surface area contributed by atoms with Crippen LogP contribution in [0.25, 0.3) is 22.4 Å². The second kappa shape index (κ2) is 6.51. The Morgan fingerprint density at radius 3 is 3.00 bits per heavy atom. The van der Waals surface area contributed by atoms with Gasteiger partial charge in [-0.05, 0) is 24.8 Å². The van der Waals surface area contributed by atoms with E-state index in [1.807, 2.05) is 40.9 Å². The number of aromatic amines is 1. The van der Waals surface area contributed by atoms with Crippen LogP contribution in [0.5, 0.6) is 0 Å². The van der Waals surface area contributed by atoms with Gasteiger partial charge in [0.05, 0.1) is 12.1 Å². The van der Waals surface area contributed by atoms with E-state index in [4.69, 9.17) is 5.10 Å². The smallest absolute Gasteiger partial charge is 0.275 e. The highest BCUT2D eigenvalue weighted by Crippen LogP contribution is 2.34. The lowest BCUT2D eigenvalue weighted by Crippen LogP contribution is -2.36. The molecule has 1 N–H and O–H groups in total. The van der Waals surface area contributed by atoms with Gasteiger partial charge < -0.3 is 9.47 Å². The number of hydrogen-bond acceptors (Lipinski definition) is 5. The van der Waals surface area contributed by atoms with Gasteiger partial charge in [0.15, 0.2) is 11.5 Å². The minimum absolute atomic E-state index is 0.0626. The topological polar surface area (TPSA) is 97.5 Å². The van der Waals surface area contributed by atoms with Gasteiger partial charge in [-0.3, -0.25) is 14.6 Å². The Morgan fingerprint density at radius 1 is 1.27 bits per heavy atom. The summed E-state index contributed by atoms with van der Waals surface area (Å²) in [7, 11) is 1.96. The summed E-state index contributed by atoms with van der Waals surface area (Å²) in [4.78, 5) is 15.2. The predicted molar refractivity (Wildman–Crippen MR) is 109 cm³/mol. The first-order chi connectivity index (χ1) is 14.7. The molecule has 0 saturated heterocycles. The van der Waals surface area contributed by atoms with Gasteiger partial charge in [0.1, 0.15) is 12.0 Å². The lowest BCUT2D eigenvalue weighted by molar-refractivity contribution is 0.0729. The number of para-hydroxylation sites is 1. The SMILES string of the molecule is Cn1nc(-c2nncn2CC2CC2)c2c1CCN(C(=O)c1n[nH]c3ccccc13)C2. The number of rotatable bonds is 4. The monoisotopic (exact) mass is 402 g/mol. The van der Waals surface area contributed by atoms with Crippen molar-refractivity contribution in [3.8, 4) is 11.5 Å². The molecule has 0 atom stereocenters. The fraction of sp³-hybridized carbons (Fsp3) is 0.381. The number of nitrogens with zero attached hydrogens (tertiary/aromatic N) is 7. The molecule has 30 heavy (non-hydrogen) atoms. The van der Waals surface area contributed by atoms with Crippen molar-refractivity contribution in [2.45, 2.75) is 32.4 Å². The van der Waals surface area contributed by atoms with E-state index in [1.165, 1.54) is 12.8 Å². The maximum Gasteiger partial charge on any atom is 0.275 e. The molecule has 6 rings (SSSR count). The zero-order chi connectivity index (χ0) is 20.2. The van der Waals surface area contributed by atoms with E-state index in [0.717, 1.165) is 46.6 Å². The zero-order valence-corrected chi connectivity index (χ0v) is 16.7. The lowest BCUT2D eigenvalue weighted by atomic mass is 10.0. The van der Waals surface area contributed by atoms with Crippen LogP contribution in [0, 0.1) is 5.92 Å². The number of nitrogens with one attached hydrogen (secondary N) is 1. The molecule has 1 saturated carbocycles. The average molecular weight is 402 g/mol. The number of carbonyl (C=O) groups excluding carboxylic acids is 1. The molecule has 9 heteroatoms. The highest BCUT2D eigenvalue weighted by Gasteiger charge is 2.31. The first-order valence-electron chi connectivity index (χ1n) is 10.3. The molecule has 3 aromatic heterocycles. The van der Waals surface area contributed by atoms with Crippen molar-refractivity contribution < 1.29 is 4.79 Å². The fourth-order valence-electron chi connectivity index (χ4n) is 4.37. The van der Waals surface area contributed by atoms with Crippen molar-refractivity contribution in [2.75, 3.05) is 6.54 Å². The Kier molecular flexibility index (Phi) is 3.77. The Morgan fingerprint density at radius 2 is 2.13 bits per heavy atom. The fourth-order valence-corrected chi connectivity index (χ4v) is 4.37. The molecule has 9 nitrogen and oxygen atoms in total. The molecule has 1 amide bonds. The largest absolute Gasteiger partial charge is 0.332 e. The van der Waals surface area contributed by atoms with Crippen LogP contribution >= 0.6 is 0 Å². The van der Waals surface area contributed by atoms with Crippen molar-refractivity contribution in [1.29, 1.82) is 0 Å². The number of aromatic nitrogens is 7. The van der Waals surface area contributed by atoms with Gasteiger partial charge >= 0.3 is 0 Å². The molecule has 4 aromatic rings. The van der Waals surface area contributed by atoms with Gasteiger partial charge in [-0.25, -0.2) is 0 Å². The maximum atomic E-state index is 13.3. The number of amides is 1. The third-order valence-electron chi connectivity index (χ3n) is 6.18. The molecule has 4 heterocycles. The van der Waals surface area contributed by atoms with Crippen LogP contribution in [0.2, 0.25) is 0 Å². The highest BCUT2D eigenvalue weighted by molar-refractivity contribution is 6.04. The van der Waals surface area contributed by atoms with Crippen LogP contribution in [-0.4, -0.2) is 52.1 Å². The number of fused-ring (bicyclic) bond motifs is 2. The van der Waals surface area contributed by atoms with Gasteiger partial charge in [-0.1, -0.05) is 18.2 Å². The summed E-state index contributed by atoms with van der Waals surface area (Å²) in [6, 6.07) is 7.72. The van der Waals surface area contributed by atoms with Gasteiger partial charge in [-0.2, -0.15) is 10.2 Å². The molecule has 2 aliphatic rings. The molecule has 0 radical (unpaired) electrons. The van der Waals surface area contributed by atoms with Gasteiger partial charge in [-0.15, -0.1) is 10.2 Å². The average Bonchev–Trinajstić information content (AvgIpc) is 3.17. The van der Waals surface area contributed by atoms with E-state index in [9.17, 15) is 4.79 Å². The molecule has 1 fully saturated rings. The Hall–Kier alpha value is -3.49. The van der Waals surface area contributed by atoms with Crippen molar-refractivity contribution in [3.63, 3.8) is 0 Å². The molecule has 152 valence electrons. The molecule has 1 aliphatic heterocycles. The van der Waals surface area contributed by atoms with E-state index in [-0.39, 0.29) is 5.91 Å². The van der Waals surface area contributed by atoms with Crippen molar-refractivity contribution in [2.24, 2.45) is 13.0 Å². The summed E-state index contributed by atoms with van der Waals surface area (Å²) in [6.45, 7) is 2.06. The molecular weight excluding hydrogens is 380 g/mol. The zero-order valence-electron chi connectivity index (χ0n) is 16.7. The van der Waals surface area contributed by atoms with Crippen molar-refractivity contribution >= 4 is 16.8 Å². The second-order valence-corrected chi connectivity index (χ2v) is 8.24. The third kappa shape index (κ3) is 2.72. The first-order valence-corrected chi connectivity index (χ1v) is 10.3. The predicted octanol–water partition coefficient (Wildman–Crippen LogP) is 2.16. The van der Waals surface area contributed by atoms with E-state index < -0.39 is 0 Å². The molecule has 0 unspecified atom stereocenters. The van der Waals surface area contributed by atoms with Gasteiger partial charge in [0, 0.05) is 43.2 Å². The molecular formula is C21H22N8O. The first kappa shape index (κ1) is 17.4. The van der Waals surface area contributed by atoms with Crippen molar-refractivity contribution in [3.05, 3.63) is 47.5 Å². The number of carbonyl (C=O) groups is 1. The molecule has 1 aliphatic carbocycles. The summed E-state index contributed by atoms with van der Waals surface area (Å²) >= 11 is 0. The van der Waals surface area contributed by atoms with E-state index in [0.29, 0.717) is 24.7 Å². The van der Waals surface area contributed by atoms with Gasteiger partial charge in [0.2, 0.25) is 0 Å². The third-order valence-corrected chi connectivity index (χ3v) is 6.18.